The van der Waals surface area contributed by atoms with Gasteiger partial charge < -0.3 is 15.2 Å². The zero-order chi connectivity index (χ0) is 13.7. The SMILES string of the molecule is CNc1ccnc(C(=O)NC(C)Cn2ccnc2)c1. The molecule has 2 rings (SSSR count). The van der Waals surface area contributed by atoms with Crippen LogP contribution in [0.3, 0.4) is 0 Å². The smallest absolute Gasteiger partial charge is 0.270 e. The average Bonchev–Trinajstić information content (AvgIpc) is 2.91. The van der Waals surface area contributed by atoms with Crippen LogP contribution in [-0.4, -0.2) is 33.5 Å². The first kappa shape index (κ1) is 13.1. The molecule has 2 heterocycles. The molecule has 0 radical (unpaired) electrons. The van der Waals surface area contributed by atoms with Crippen LogP contribution in [0.25, 0.3) is 0 Å². The van der Waals surface area contributed by atoms with Gasteiger partial charge in [-0.25, -0.2) is 4.98 Å². The van der Waals surface area contributed by atoms with Gasteiger partial charge in [0.1, 0.15) is 5.69 Å². The summed E-state index contributed by atoms with van der Waals surface area (Å²) in [5, 5.41) is 5.89. The Morgan fingerprint density at radius 3 is 3.00 bits per heavy atom. The molecule has 0 aliphatic carbocycles. The highest BCUT2D eigenvalue weighted by Crippen LogP contribution is 2.06. The number of hydrogen-bond acceptors (Lipinski definition) is 4. The molecule has 2 aromatic rings. The van der Waals surface area contributed by atoms with E-state index >= 15 is 0 Å². The summed E-state index contributed by atoms with van der Waals surface area (Å²) in [6, 6.07) is 3.53. The molecule has 1 amide bonds. The summed E-state index contributed by atoms with van der Waals surface area (Å²) < 4.78 is 1.92. The van der Waals surface area contributed by atoms with Crippen LogP contribution in [0.5, 0.6) is 0 Å². The van der Waals surface area contributed by atoms with Crippen LogP contribution in [0.1, 0.15) is 17.4 Å². The first-order valence-electron chi connectivity index (χ1n) is 6.09. The lowest BCUT2D eigenvalue weighted by atomic mass is 10.2. The van der Waals surface area contributed by atoms with E-state index in [1.165, 1.54) is 0 Å². The minimum Gasteiger partial charge on any atom is -0.388 e. The summed E-state index contributed by atoms with van der Waals surface area (Å²) in [5.74, 6) is -0.176. The lowest BCUT2D eigenvalue weighted by Gasteiger charge is -2.14. The van der Waals surface area contributed by atoms with E-state index in [1.807, 2.05) is 23.8 Å². The first-order valence-corrected chi connectivity index (χ1v) is 6.09. The maximum absolute atomic E-state index is 12.0. The number of imidazole rings is 1. The van der Waals surface area contributed by atoms with Crippen LogP contribution in [0, 0.1) is 0 Å². The van der Waals surface area contributed by atoms with Crippen molar-refractivity contribution in [2.24, 2.45) is 0 Å². The minimum atomic E-state index is -0.176. The Bertz CT molecular complexity index is 538. The van der Waals surface area contributed by atoms with Crippen molar-refractivity contribution in [1.29, 1.82) is 0 Å². The molecule has 1 unspecified atom stereocenters. The zero-order valence-electron chi connectivity index (χ0n) is 11.0. The second-order valence-electron chi connectivity index (χ2n) is 4.31. The van der Waals surface area contributed by atoms with Gasteiger partial charge >= 0.3 is 0 Å². The molecule has 0 bridgehead atoms. The Kier molecular flexibility index (Phi) is 4.12. The molecule has 2 aromatic heterocycles. The Morgan fingerprint density at radius 2 is 2.32 bits per heavy atom. The van der Waals surface area contributed by atoms with Gasteiger partial charge in [0.05, 0.1) is 6.33 Å². The minimum absolute atomic E-state index is 0.00161. The lowest BCUT2D eigenvalue weighted by molar-refractivity contribution is 0.0931. The van der Waals surface area contributed by atoms with Gasteiger partial charge in [-0.05, 0) is 19.1 Å². The third kappa shape index (κ3) is 3.54. The van der Waals surface area contributed by atoms with Crippen molar-refractivity contribution in [2.75, 3.05) is 12.4 Å². The Morgan fingerprint density at radius 1 is 1.47 bits per heavy atom. The van der Waals surface area contributed by atoms with E-state index in [1.54, 1.807) is 31.8 Å². The molecule has 0 aliphatic rings. The first-order chi connectivity index (χ1) is 9.19. The normalized spacial score (nSPS) is 11.9. The van der Waals surface area contributed by atoms with Gasteiger partial charge in [0.25, 0.3) is 5.91 Å². The standard InChI is InChI=1S/C13H17N5O/c1-10(8-18-6-5-15-9-18)17-13(19)12-7-11(14-2)3-4-16-12/h3-7,9-10H,8H2,1-2H3,(H,14,16)(H,17,19). The van der Waals surface area contributed by atoms with Crippen LogP contribution in [0.2, 0.25) is 0 Å². The topological polar surface area (TPSA) is 71.8 Å². The van der Waals surface area contributed by atoms with Crippen LogP contribution in [0.4, 0.5) is 5.69 Å². The van der Waals surface area contributed by atoms with Crippen molar-refractivity contribution < 1.29 is 4.79 Å². The number of hydrogen-bond donors (Lipinski definition) is 2. The van der Waals surface area contributed by atoms with Crippen molar-refractivity contribution in [3.8, 4) is 0 Å². The summed E-state index contributed by atoms with van der Waals surface area (Å²) in [6.07, 6.45) is 6.92. The molecule has 100 valence electrons. The number of rotatable bonds is 5. The molecule has 6 nitrogen and oxygen atoms in total. The van der Waals surface area contributed by atoms with Crippen molar-refractivity contribution in [3.05, 3.63) is 42.7 Å². The summed E-state index contributed by atoms with van der Waals surface area (Å²) in [7, 11) is 1.80. The van der Waals surface area contributed by atoms with Crippen LogP contribution in [0.15, 0.2) is 37.1 Å². The van der Waals surface area contributed by atoms with Crippen LogP contribution >= 0.6 is 0 Å². The highest BCUT2D eigenvalue weighted by atomic mass is 16.1. The monoisotopic (exact) mass is 259 g/mol. The van der Waals surface area contributed by atoms with E-state index in [-0.39, 0.29) is 11.9 Å². The number of carbonyl (C=O) groups excluding carboxylic acids is 1. The molecule has 0 fully saturated rings. The van der Waals surface area contributed by atoms with Gasteiger partial charge in [-0.1, -0.05) is 0 Å². The molecule has 6 heteroatoms. The van der Waals surface area contributed by atoms with Gasteiger partial charge in [-0.3, -0.25) is 9.78 Å². The third-order valence-electron chi connectivity index (χ3n) is 2.70. The predicted octanol–water partition coefficient (Wildman–Crippen LogP) is 1.14. The number of carbonyl (C=O) groups is 1. The number of pyridine rings is 1. The highest BCUT2D eigenvalue weighted by molar-refractivity contribution is 5.93. The van der Waals surface area contributed by atoms with E-state index in [9.17, 15) is 4.79 Å². The van der Waals surface area contributed by atoms with Crippen molar-refractivity contribution in [3.63, 3.8) is 0 Å². The second-order valence-corrected chi connectivity index (χ2v) is 4.31. The van der Waals surface area contributed by atoms with E-state index in [0.717, 1.165) is 5.69 Å². The summed E-state index contributed by atoms with van der Waals surface area (Å²) in [5.41, 5.74) is 1.27. The number of amides is 1. The summed E-state index contributed by atoms with van der Waals surface area (Å²) in [6.45, 7) is 2.62. The maximum atomic E-state index is 12.0. The van der Waals surface area contributed by atoms with E-state index in [2.05, 4.69) is 20.6 Å². The molecule has 0 saturated carbocycles. The van der Waals surface area contributed by atoms with Gasteiger partial charge in [0, 0.05) is 43.9 Å². The fourth-order valence-electron chi connectivity index (χ4n) is 1.76. The molecule has 2 N–H and O–H groups in total. The molecular weight excluding hydrogens is 242 g/mol. The fraction of sp³-hybridized carbons (Fsp3) is 0.308. The molecular formula is C13H17N5O. The highest BCUT2D eigenvalue weighted by Gasteiger charge is 2.11. The van der Waals surface area contributed by atoms with Gasteiger partial charge in [0.2, 0.25) is 0 Å². The summed E-state index contributed by atoms with van der Waals surface area (Å²) >= 11 is 0. The van der Waals surface area contributed by atoms with E-state index in [4.69, 9.17) is 0 Å². The Balaban J connectivity index is 1.96. The lowest BCUT2D eigenvalue weighted by Crippen LogP contribution is -2.35. The predicted molar refractivity (Wildman–Crippen MR) is 72.9 cm³/mol. The van der Waals surface area contributed by atoms with E-state index < -0.39 is 0 Å². The number of anilines is 1. The van der Waals surface area contributed by atoms with Gasteiger partial charge in [0.15, 0.2) is 0 Å². The van der Waals surface area contributed by atoms with Crippen molar-refractivity contribution >= 4 is 11.6 Å². The Hall–Kier alpha value is -2.37. The number of aromatic nitrogens is 3. The molecule has 1 atom stereocenters. The molecule has 0 aromatic carbocycles. The number of nitrogens with one attached hydrogen (secondary N) is 2. The number of nitrogens with zero attached hydrogens (tertiary/aromatic N) is 3. The summed E-state index contributed by atoms with van der Waals surface area (Å²) in [4.78, 5) is 20.1. The zero-order valence-corrected chi connectivity index (χ0v) is 11.0. The molecule has 0 aliphatic heterocycles. The molecule has 19 heavy (non-hydrogen) atoms. The third-order valence-corrected chi connectivity index (χ3v) is 2.70. The fourth-order valence-corrected chi connectivity index (χ4v) is 1.76. The van der Waals surface area contributed by atoms with Crippen LogP contribution < -0.4 is 10.6 Å². The van der Waals surface area contributed by atoms with E-state index in [0.29, 0.717) is 12.2 Å². The van der Waals surface area contributed by atoms with Crippen molar-refractivity contribution in [1.82, 2.24) is 19.9 Å². The Labute approximate surface area is 111 Å². The second kappa shape index (κ2) is 5.99. The molecule has 0 spiro atoms. The van der Waals surface area contributed by atoms with Crippen LogP contribution in [-0.2, 0) is 6.54 Å². The van der Waals surface area contributed by atoms with Crippen molar-refractivity contribution in [2.45, 2.75) is 19.5 Å². The quantitative estimate of drug-likeness (QED) is 0.844. The van der Waals surface area contributed by atoms with Gasteiger partial charge in [-0.2, -0.15) is 0 Å². The maximum Gasteiger partial charge on any atom is 0.270 e. The van der Waals surface area contributed by atoms with Gasteiger partial charge in [-0.15, -0.1) is 0 Å². The largest absolute Gasteiger partial charge is 0.388 e. The molecule has 0 saturated heterocycles. The average molecular weight is 259 g/mol.